The van der Waals surface area contributed by atoms with Crippen molar-refractivity contribution in [3.8, 4) is 0 Å². The Balaban J connectivity index is 2.59. The monoisotopic (exact) mass is 214 g/mol. The van der Waals surface area contributed by atoms with Gasteiger partial charge in [0.25, 0.3) is 0 Å². The van der Waals surface area contributed by atoms with Crippen LogP contribution in [0.15, 0.2) is 0 Å². The first-order valence-corrected chi connectivity index (χ1v) is 9.14. The van der Waals surface area contributed by atoms with Crippen molar-refractivity contribution in [2.75, 3.05) is 12.7 Å². The molecule has 1 unspecified atom stereocenters. The van der Waals surface area contributed by atoms with E-state index in [0.717, 1.165) is 25.6 Å². The molecule has 0 aromatic heterocycles. The average Bonchev–Trinajstić information content (AvgIpc) is 2.01. The van der Waals surface area contributed by atoms with Crippen molar-refractivity contribution in [3.05, 3.63) is 0 Å². The first-order chi connectivity index (χ1) is 6.40. The topological polar surface area (TPSA) is 46.3 Å². The summed E-state index contributed by atoms with van der Waals surface area (Å²) in [4.78, 5) is 13.6. The number of carbonyl (C=O) groups is 1. The number of primary amides is 1. The van der Waals surface area contributed by atoms with E-state index in [1.165, 1.54) is 6.42 Å². The summed E-state index contributed by atoms with van der Waals surface area (Å²) in [6, 6.07) is 0.00970. The molecular formula is C10H22N2OSi. The van der Waals surface area contributed by atoms with Crippen molar-refractivity contribution < 1.29 is 4.79 Å². The van der Waals surface area contributed by atoms with Gasteiger partial charge in [-0.05, 0) is 25.6 Å². The van der Waals surface area contributed by atoms with Gasteiger partial charge in [-0.3, -0.25) is 9.69 Å². The molecule has 0 aromatic rings. The zero-order chi connectivity index (χ0) is 10.8. The first kappa shape index (κ1) is 11.7. The molecule has 1 heterocycles. The van der Waals surface area contributed by atoms with Gasteiger partial charge in [0.2, 0.25) is 5.91 Å². The Morgan fingerprint density at radius 3 is 2.57 bits per heavy atom. The Labute approximate surface area is 87.7 Å². The van der Waals surface area contributed by atoms with Crippen LogP contribution in [0.1, 0.15) is 19.3 Å². The van der Waals surface area contributed by atoms with Gasteiger partial charge in [0, 0.05) is 0 Å². The van der Waals surface area contributed by atoms with E-state index in [0.29, 0.717) is 0 Å². The molecule has 82 valence electrons. The van der Waals surface area contributed by atoms with Gasteiger partial charge in [0.1, 0.15) is 0 Å². The number of nitrogens with two attached hydrogens (primary N) is 1. The molecule has 0 saturated carbocycles. The molecule has 2 N–H and O–H groups in total. The molecule has 1 fully saturated rings. The Kier molecular flexibility index (Phi) is 3.72. The van der Waals surface area contributed by atoms with Crippen LogP contribution < -0.4 is 5.73 Å². The number of rotatable bonds is 3. The fourth-order valence-electron chi connectivity index (χ4n) is 2.11. The number of hydrogen-bond donors (Lipinski definition) is 1. The molecule has 1 amide bonds. The maximum Gasteiger partial charge on any atom is 0.234 e. The summed E-state index contributed by atoms with van der Waals surface area (Å²) >= 11 is 0. The van der Waals surface area contributed by atoms with Crippen molar-refractivity contribution in [2.45, 2.75) is 44.9 Å². The number of likely N-dealkylation sites (tertiary alicyclic amines) is 1. The van der Waals surface area contributed by atoms with Crippen LogP contribution in [0.3, 0.4) is 0 Å². The molecule has 0 spiro atoms. The fraction of sp³-hybridized carbons (Fsp3) is 0.900. The highest BCUT2D eigenvalue weighted by atomic mass is 28.3. The minimum absolute atomic E-state index is 0.00970. The molecule has 1 rings (SSSR count). The number of piperidine rings is 1. The van der Waals surface area contributed by atoms with E-state index < -0.39 is 8.07 Å². The third-order valence-electron chi connectivity index (χ3n) is 2.62. The Hall–Kier alpha value is -0.353. The van der Waals surface area contributed by atoms with Gasteiger partial charge < -0.3 is 5.73 Å². The minimum Gasteiger partial charge on any atom is -0.368 e. The van der Waals surface area contributed by atoms with Crippen LogP contribution in [0.25, 0.3) is 0 Å². The molecule has 1 aliphatic rings. The summed E-state index contributed by atoms with van der Waals surface area (Å²) in [5.74, 6) is -0.136. The number of hydrogen-bond acceptors (Lipinski definition) is 2. The number of carbonyl (C=O) groups excluding carboxylic acids is 1. The van der Waals surface area contributed by atoms with E-state index in [1.54, 1.807) is 0 Å². The molecule has 4 heteroatoms. The molecule has 0 radical (unpaired) electrons. The summed E-state index contributed by atoms with van der Waals surface area (Å²) < 4.78 is 0. The molecule has 3 nitrogen and oxygen atoms in total. The molecule has 1 saturated heterocycles. The molecule has 14 heavy (non-hydrogen) atoms. The summed E-state index contributed by atoms with van der Waals surface area (Å²) in [6.07, 6.45) is 4.42. The lowest BCUT2D eigenvalue weighted by atomic mass is 10.0. The molecule has 1 aliphatic heterocycles. The van der Waals surface area contributed by atoms with E-state index >= 15 is 0 Å². The van der Waals surface area contributed by atoms with Crippen molar-refractivity contribution in [1.29, 1.82) is 0 Å². The number of nitrogens with zero attached hydrogens (tertiary/aromatic N) is 1. The van der Waals surface area contributed by atoms with Gasteiger partial charge in [-0.2, -0.15) is 0 Å². The minimum atomic E-state index is -1.11. The Bertz CT molecular complexity index is 213. The van der Waals surface area contributed by atoms with Crippen LogP contribution in [0.5, 0.6) is 0 Å². The maximum absolute atomic E-state index is 11.2. The van der Waals surface area contributed by atoms with Gasteiger partial charge in [0.05, 0.1) is 14.1 Å². The fourth-order valence-corrected chi connectivity index (χ4v) is 3.71. The zero-order valence-corrected chi connectivity index (χ0v) is 10.5. The predicted molar refractivity (Wildman–Crippen MR) is 61.8 cm³/mol. The summed E-state index contributed by atoms with van der Waals surface area (Å²) in [6.45, 7) is 8.05. The third-order valence-corrected chi connectivity index (χ3v) is 3.97. The van der Waals surface area contributed by atoms with Crippen LogP contribution >= 0.6 is 0 Å². The van der Waals surface area contributed by atoms with Crippen LogP contribution in [-0.4, -0.2) is 37.6 Å². The maximum atomic E-state index is 11.2. The second-order valence-electron chi connectivity index (χ2n) is 5.45. The predicted octanol–water partition coefficient (Wildman–Crippen LogP) is 1.20. The first-order valence-electron chi connectivity index (χ1n) is 5.43. The lowest BCUT2D eigenvalue weighted by molar-refractivity contribution is -0.124. The normalized spacial score (nSPS) is 24.9. The Morgan fingerprint density at radius 2 is 2.07 bits per heavy atom. The van der Waals surface area contributed by atoms with Gasteiger partial charge in [0.15, 0.2) is 0 Å². The quantitative estimate of drug-likeness (QED) is 0.718. The molecule has 1 atom stereocenters. The molecule has 0 bridgehead atoms. The Morgan fingerprint density at radius 1 is 1.43 bits per heavy atom. The van der Waals surface area contributed by atoms with Crippen LogP contribution in [-0.2, 0) is 4.79 Å². The third kappa shape index (κ3) is 3.42. The van der Waals surface area contributed by atoms with Gasteiger partial charge in [-0.15, -0.1) is 0 Å². The van der Waals surface area contributed by atoms with Crippen LogP contribution in [0, 0.1) is 0 Å². The molecule has 0 aromatic carbocycles. The largest absolute Gasteiger partial charge is 0.368 e. The highest BCUT2D eigenvalue weighted by Gasteiger charge is 2.30. The van der Waals surface area contributed by atoms with E-state index in [1.807, 2.05) is 0 Å². The second-order valence-corrected chi connectivity index (χ2v) is 10.9. The van der Waals surface area contributed by atoms with E-state index in [-0.39, 0.29) is 11.9 Å². The average molecular weight is 214 g/mol. The van der Waals surface area contributed by atoms with E-state index in [2.05, 4.69) is 24.5 Å². The van der Waals surface area contributed by atoms with E-state index in [4.69, 9.17) is 5.73 Å². The van der Waals surface area contributed by atoms with Gasteiger partial charge in [-0.1, -0.05) is 26.1 Å². The highest BCUT2D eigenvalue weighted by molar-refractivity contribution is 6.76. The van der Waals surface area contributed by atoms with E-state index in [9.17, 15) is 4.79 Å². The SMILES string of the molecule is C[Si](C)(C)CN1CCCCC1C(N)=O. The smallest absolute Gasteiger partial charge is 0.234 e. The lowest BCUT2D eigenvalue weighted by Crippen LogP contribution is -2.52. The van der Waals surface area contributed by atoms with Gasteiger partial charge >= 0.3 is 0 Å². The standard InChI is InChI=1S/C10H22N2OSi/c1-14(2,3)8-12-7-5-4-6-9(12)10(11)13/h9H,4-8H2,1-3H3,(H2,11,13). The highest BCUT2D eigenvalue weighted by Crippen LogP contribution is 2.18. The summed E-state index contributed by atoms with van der Waals surface area (Å²) in [5.41, 5.74) is 5.41. The van der Waals surface area contributed by atoms with Crippen LogP contribution in [0.2, 0.25) is 19.6 Å². The second kappa shape index (κ2) is 4.44. The molecule has 0 aliphatic carbocycles. The summed E-state index contributed by atoms with van der Waals surface area (Å²) in [7, 11) is -1.11. The van der Waals surface area contributed by atoms with Crippen molar-refractivity contribution in [3.63, 3.8) is 0 Å². The van der Waals surface area contributed by atoms with Crippen LogP contribution in [0.4, 0.5) is 0 Å². The molecular weight excluding hydrogens is 192 g/mol. The van der Waals surface area contributed by atoms with Crippen molar-refractivity contribution >= 4 is 14.0 Å². The summed E-state index contributed by atoms with van der Waals surface area (Å²) in [5, 5.41) is 0. The number of amides is 1. The van der Waals surface area contributed by atoms with Crippen molar-refractivity contribution in [2.24, 2.45) is 5.73 Å². The zero-order valence-electron chi connectivity index (χ0n) is 9.55. The van der Waals surface area contributed by atoms with Crippen molar-refractivity contribution in [1.82, 2.24) is 4.90 Å². The lowest BCUT2D eigenvalue weighted by Gasteiger charge is -2.37. The van der Waals surface area contributed by atoms with Gasteiger partial charge in [-0.25, -0.2) is 0 Å².